The number of aromatic nitrogens is 2. The number of amides is 1. The fourth-order valence-corrected chi connectivity index (χ4v) is 3.74. The maximum atomic E-state index is 12.7. The quantitative estimate of drug-likeness (QED) is 0.726. The molecule has 0 saturated carbocycles. The van der Waals surface area contributed by atoms with Crippen LogP contribution in [0.25, 0.3) is 10.9 Å². The number of rotatable bonds is 6. The summed E-state index contributed by atoms with van der Waals surface area (Å²) < 4.78 is 6.02. The average Bonchev–Trinajstić information content (AvgIpc) is 3.15. The number of hydrogen-bond donors (Lipinski definition) is 1. The summed E-state index contributed by atoms with van der Waals surface area (Å²) in [6, 6.07) is 12.2. The Balaban J connectivity index is 1.29. The zero-order valence-corrected chi connectivity index (χ0v) is 15.4. The number of carbonyl (C=O) groups is 1. The number of hydrogen-bond acceptors (Lipinski definition) is 3. The van der Waals surface area contributed by atoms with Crippen LogP contribution in [0, 0.1) is 0 Å². The zero-order valence-electron chi connectivity index (χ0n) is 15.4. The summed E-state index contributed by atoms with van der Waals surface area (Å²) in [6.45, 7) is 2.07. The van der Waals surface area contributed by atoms with E-state index in [1.165, 1.54) is 10.9 Å². The predicted molar refractivity (Wildman–Crippen MR) is 105 cm³/mol. The number of para-hydroxylation sites is 1. The Labute approximate surface area is 159 Å². The lowest BCUT2D eigenvalue weighted by atomic mass is 10.1. The number of nitrogens with one attached hydrogen (secondary N) is 1. The molecule has 1 amide bonds. The van der Waals surface area contributed by atoms with Gasteiger partial charge in [0.1, 0.15) is 0 Å². The standard InChI is InChI=1S/C22H25N3O2/c26-22(10-9-18-14-24-21-8-2-1-7-20(18)21)25-12-4-6-19(15-25)27-16-17-5-3-11-23-13-17/h1-3,5,7-8,11,13-14,19,24H,4,6,9-10,12,15-16H2/t19-/m1/s1. The second-order valence-electron chi connectivity index (χ2n) is 7.14. The van der Waals surface area contributed by atoms with Crippen LogP contribution >= 0.6 is 0 Å². The largest absolute Gasteiger partial charge is 0.372 e. The molecule has 0 bridgehead atoms. The van der Waals surface area contributed by atoms with Crippen molar-refractivity contribution in [3.05, 3.63) is 66.1 Å². The first-order chi connectivity index (χ1) is 13.3. The maximum Gasteiger partial charge on any atom is 0.222 e. The van der Waals surface area contributed by atoms with E-state index in [2.05, 4.69) is 22.1 Å². The van der Waals surface area contributed by atoms with Crippen molar-refractivity contribution in [1.82, 2.24) is 14.9 Å². The monoisotopic (exact) mass is 363 g/mol. The summed E-state index contributed by atoms with van der Waals surface area (Å²) in [6.07, 6.45) is 9.02. The van der Waals surface area contributed by atoms with Gasteiger partial charge in [-0.3, -0.25) is 9.78 Å². The number of aryl methyl sites for hydroxylation is 1. The highest BCUT2D eigenvalue weighted by Crippen LogP contribution is 2.20. The molecule has 1 aliphatic rings. The summed E-state index contributed by atoms with van der Waals surface area (Å²) in [5.74, 6) is 0.218. The Morgan fingerprint density at radius 2 is 2.19 bits per heavy atom. The molecule has 1 aliphatic heterocycles. The molecule has 1 saturated heterocycles. The highest BCUT2D eigenvalue weighted by atomic mass is 16.5. The number of fused-ring (bicyclic) bond motifs is 1. The van der Waals surface area contributed by atoms with E-state index in [4.69, 9.17) is 4.74 Å². The normalized spacial score (nSPS) is 17.3. The van der Waals surface area contributed by atoms with Crippen LogP contribution in [0.3, 0.4) is 0 Å². The number of ether oxygens (including phenoxy) is 1. The molecule has 1 aromatic carbocycles. The van der Waals surface area contributed by atoms with Crippen molar-refractivity contribution in [1.29, 1.82) is 0 Å². The van der Waals surface area contributed by atoms with Crippen molar-refractivity contribution in [2.45, 2.75) is 38.4 Å². The van der Waals surface area contributed by atoms with Gasteiger partial charge >= 0.3 is 0 Å². The lowest BCUT2D eigenvalue weighted by Gasteiger charge is -2.32. The first-order valence-electron chi connectivity index (χ1n) is 9.63. The first kappa shape index (κ1) is 17.7. The van der Waals surface area contributed by atoms with Gasteiger partial charge in [-0.25, -0.2) is 0 Å². The third-order valence-electron chi connectivity index (χ3n) is 5.22. The number of carbonyl (C=O) groups excluding carboxylic acids is 1. The van der Waals surface area contributed by atoms with Crippen LogP contribution < -0.4 is 0 Å². The molecule has 1 atom stereocenters. The van der Waals surface area contributed by atoms with E-state index in [1.54, 1.807) is 6.20 Å². The predicted octanol–water partition coefficient (Wildman–Crippen LogP) is 3.70. The summed E-state index contributed by atoms with van der Waals surface area (Å²) >= 11 is 0. The van der Waals surface area contributed by atoms with Crippen molar-refractivity contribution in [2.75, 3.05) is 13.1 Å². The van der Waals surface area contributed by atoms with Gasteiger partial charge in [0, 0.05) is 49.0 Å². The van der Waals surface area contributed by atoms with Crippen molar-refractivity contribution in [3.63, 3.8) is 0 Å². The smallest absolute Gasteiger partial charge is 0.222 e. The molecule has 4 rings (SSSR count). The van der Waals surface area contributed by atoms with E-state index in [9.17, 15) is 4.79 Å². The number of H-pyrrole nitrogens is 1. The molecule has 3 heterocycles. The lowest BCUT2D eigenvalue weighted by molar-refractivity contribution is -0.135. The van der Waals surface area contributed by atoms with E-state index in [0.29, 0.717) is 19.6 Å². The van der Waals surface area contributed by atoms with Crippen LogP contribution in [0.4, 0.5) is 0 Å². The number of piperidine rings is 1. The summed E-state index contributed by atoms with van der Waals surface area (Å²) in [7, 11) is 0. The number of nitrogens with zero attached hydrogens (tertiary/aromatic N) is 2. The molecule has 2 aromatic heterocycles. The zero-order chi connectivity index (χ0) is 18.5. The average molecular weight is 363 g/mol. The minimum Gasteiger partial charge on any atom is -0.372 e. The van der Waals surface area contributed by atoms with Crippen LogP contribution in [0.5, 0.6) is 0 Å². The van der Waals surface area contributed by atoms with E-state index in [-0.39, 0.29) is 12.0 Å². The number of likely N-dealkylation sites (tertiary alicyclic amines) is 1. The number of pyridine rings is 1. The molecular weight excluding hydrogens is 338 g/mol. The van der Waals surface area contributed by atoms with Crippen LogP contribution in [0.15, 0.2) is 55.0 Å². The molecule has 3 aromatic rings. The van der Waals surface area contributed by atoms with Gasteiger partial charge in [-0.05, 0) is 42.5 Å². The SMILES string of the molecule is O=C(CCc1c[nH]c2ccccc12)N1CCC[C@@H](OCc2cccnc2)C1. The Kier molecular flexibility index (Phi) is 5.49. The second-order valence-corrected chi connectivity index (χ2v) is 7.14. The summed E-state index contributed by atoms with van der Waals surface area (Å²) in [5.41, 5.74) is 3.41. The van der Waals surface area contributed by atoms with Gasteiger partial charge in [0.25, 0.3) is 0 Å². The third kappa shape index (κ3) is 4.37. The molecule has 5 heteroatoms. The third-order valence-corrected chi connectivity index (χ3v) is 5.22. The lowest BCUT2D eigenvalue weighted by Crippen LogP contribution is -2.43. The highest BCUT2D eigenvalue weighted by Gasteiger charge is 2.24. The Morgan fingerprint density at radius 1 is 1.26 bits per heavy atom. The molecule has 140 valence electrons. The van der Waals surface area contributed by atoms with E-state index in [1.807, 2.05) is 41.6 Å². The van der Waals surface area contributed by atoms with Gasteiger partial charge in [-0.1, -0.05) is 24.3 Å². The van der Waals surface area contributed by atoms with Crippen LogP contribution in [-0.4, -0.2) is 40.0 Å². The molecule has 0 aliphatic carbocycles. The van der Waals surface area contributed by atoms with Crippen LogP contribution in [-0.2, 0) is 22.6 Å². The minimum absolute atomic E-state index is 0.107. The molecule has 1 N–H and O–H groups in total. The van der Waals surface area contributed by atoms with E-state index >= 15 is 0 Å². The first-order valence-corrected chi connectivity index (χ1v) is 9.63. The van der Waals surface area contributed by atoms with Crippen molar-refractivity contribution in [3.8, 4) is 0 Å². The maximum absolute atomic E-state index is 12.7. The number of aromatic amines is 1. The van der Waals surface area contributed by atoms with E-state index < -0.39 is 0 Å². The minimum atomic E-state index is 0.107. The molecule has 0 spiro atoms. The highest BCUT2D eigenvalue weighted by molar-refractivity contribution is 5.84. The van der Waals surface area contributed by atoms with Crippen molar-refractivity contribution >= 4 is 16.8 Å². The van der Waals surface area contributed by atoms with Gasteiger partial charge in [-0.15, -0.1) is 0 Å². The fraction of sp³-hybridized carbons (Fsp3) is 0.364. The van der Waals surface area contributed by atoms with Gasteiger partial charge in [0.15, 0.2) is 0 Å². The Morgan fingerprint density at radius 3 is 3.07 bits per heavy atom. The van der Waals surface area contributed by atoms with Gasteiger partial charge < -0.3 is 14.6 Å². The number of benzene rings is 1. The van der Waals surface area contributed by atoms with Crippen molar-refractivity contribution in [2.24, 2.45) is 0 Å². The van der Waals surface area contributed by atoms with Crippen LogP contribution in [0.2, 0.25) is 0 Å². The molecule has 1 fully saturated rings. The van der Waals surface area contributed by atoms with Gasteiger partial charge in [0.2, 0.25) is 5.91 Å². The van der Waals surface area contributed by atoms with Gasteiger partial charge in [0.05, 0.1) is 12.7 Å². The molecular formula is C22H25N3O2. The Bertz CT molecular complexity index is 891. The topological polar surface area (TPSA) is 58.2 Å². The summed E-state index contributed by atoms with van der Waals surface area (Å²) in [4.78, 5) is 22.1. The fourth-order valence-electron chi connectivity index (χ4n) is 3.74. The Hall–Kier alpha value is -2.66. The molecule has 27 heavy (non-hydrogen) atoms. The van der Waals surface area contributed by atoms with E-state index in [0.717, 1.165) is 36.9 Å². The summed E-state index contributed by atoms with van der Waals surface area (Å²) in [5, 5.41) is 1.21. The second kappa shape index (κ2) is 8.35. The van der Waals surface area contributed by atoms with Crippen molar-refractivity contribution < 1.29 is 9.53 Å². The van der Waals surface area contributed by atoms with Gasteiger partial charge in [-0.2, -0.15) is 0 Å². The molecule has 0 radical (unpaired) electrons. The molecule has 0 unspecified atom stereocenters. The molecule has 5 nitrogen and oxygen atoms in total. The van der Waals surface area contributed by atoms with Crippen LogP contribution in [0.1, 0.15) is 30.4 Å².